The summed E-state index contributed by atoms with van der Waals surface area (Å²) in [6.45, 7) is 1.74. The van der Waals surface area contributed by atoms with Crippen molar-refractivity contribution in [1.29, 1.82) is 0 Å². The molecule has 1 aromatic carbocycles. The average Bonchev–Trinajstić information content (AvgIpc) is 2.91. The summed E-state index contributed by atoms with van der Waals surface area (Å²) < 4.78 is 10.8. The number of carbonyl (C=O) groups is 1. The Labute approximate surface area is 129 Å². The largest absolute Gasteiger partial charge is 0.497 e. The molecule has 3 rings (SSSR count). The summed E-state index contributed by atoms with van der Waals surface area (Å²) in [6.07, 6.45) is 1.90. The van der Waals surface area contributed by atoms with Crippen LogP contribution in [0.3, 0.4) is 0 Å². The molecule has 5 heteroatoms. The molecule has 1 atom stereocenters. The average molecular weight is 307 g/mol. The first-order chi connectivity index (χ1) is 10.1. The Hall–Kier alpha value is -1.20. The van der Waals surface area contributed by atoms with Crippen molar-refractivity contribution in [1.82, 2.24) is 4.90 Å². The molecule has 0 radical (unpaired) electrons. The lowest BCUT2D eigenvalue weighted by molar-refractivity contribution is -0.135. The lowest BCUT2D eigenvalue weighted by Crippen LogP contribution is -2.61. The molecule has 4 nitrogen and oxygen atoms in total. The van der Waals surface area contributed by atoms with Crippen molar-refractivity contribution < 1.29 is 14.3 Å². The van der Waals surface area contributed by atoms with Crippen molar-refractivity contribution in [3.63, 3.8) is 0 Å². The van der Waals surface area contributed by atoms with Crippen LogP contribution in [-0.4, -0.2) is 54.7 Å². The van der Waals surface area contributed by atoms with Gasteiger partial charge in [-0.25, -0.2) is 0 Å². The number of thioether (sulfide) groups is 1. The highest BCUT2D eigenvalue weighted by molar-refractivity contribution is 8.01. The topological polar surface area (TPSA) is 38.8 Å². The van der Waals surface area contributed by atoms with Crippen LogP contribution in [0.25, 0.3) is 0 Å². The predicted molar refractivity (Wildman–Crippen MR) is 83.9 cm³/mol. The van der Waals surface area contributed by atoms with Crippen molar-refractivity contribution in [3.05, 3.63) is 29.8 Å². The van der Waals surface area contributed by atoms with Gasteiger partial charge in [0.25, 0.3) is 0 Å². The van der Waals surface area contributed by atoms with Gasteiger partial charge in [0.15, 0.2) is 0 Å². The Morgan fingerprint density at radius 3 is 2.62 bits per heavy atom. The number of amides is 1. The van der Waals surface area contributed by atoms with Gasteiger partial charge < -0.3 is 14.4 Å². The molecule has 2 saturated heterocycles. The Morgan fingerprint density at radius 2 is 2.05 bits per heavy atom. The van der Waals surface area contributed by atoms with Gasteiger partial charge in [-0.05, 0) is 24.1 Å². The Bertz CT molecular complexity index is 511. The summed E-state index contributed by atoms with van der Waals surface area (Å²) >= 11 is 1.96. The molecule has 2 aliphatic rings. The van der Waals surface area contributed by atoms with E-state index in [9.17, 15) is 4.79 Å². The van der Waals surface area contributed by atoms with Gasteiger partial charge in [-0.3, -0.25) is 4.79 Å². The van der Waals surface area contributed by atoms with Crippen LogP contribution >= 0.6 is 11.8 Å². The molecule has 2 fully saturated rings. The summed E-state index contributed by atoms with van der Waals surface area (Å²) in [4.78, 5) is 14.3. The Kier molecular flexibility index (Phi) is 4.13. The maximum Gasteiger partial charge on any atom is 0.227 e. The monoisotopic (exact) mass is 307 g/mol. The maximum atomic E-state index is 12.3. The van der Waals surface area contributed by atoms with E-state index < -0.39 is 0 Å². The first-order valence-electron chi connectivity index (χ1n) is 7.21. The Morgan fingerprint density at radius 1 is 1.33 bits per heavy atom. The highest BCUT2D eigenvalue weighted by Crippen LogP contribution is 2.45. The van der Waals surface area contributed by atoms with E-state index in [-0.39, 0.29) is 10.7 Å². The standard InChI is InChI=1S/C16H21NO3S/c1-19-13-5-3-12(4-6-13)7-15(18)17-10-16(11-17)8-14(20-2)9-21-16/h3-6,14H,7-11H2,1-2H3. The molecule has 114 valence electrons. The van der Waals surface area contributed by atoms with E-state index >= 15 is 0 Å². The minimum absolute atomic E-state index is 0.215. The molecule has 0 bridgehead atoms. The van der Waals surface area contributed by atoms with Crippen LogP contribution in [0, 0.1) is 0 Å². The molecule has 0 saturated carbocycles. The highest BCUT2D eigenvalue weighted by atomic mass is 32.2. The first-order valence-corrected chi connectivity index (χ1v) is 8.20. The first kappa shape index (κ1) is 14.7. The molecule has 1 amide bonds. The number of carbonyl (C=O) groups excluding carboxylic acids is 1. The van der Waals surface area contributed by atoms with E-state index in [2.05, 4.69) is 0 Å². The van der Waals surface area contributed by atoms with Gasteiger partial charge in [-0.2, -0.15) is 0 Å². The molecule has 21 heavy (non-hydrogen) atoms. The zero-order chi connectivity index (χ0) is 14.9. The molecule has 1 spiro atoms. The second-order valence-electron chi connectivity index (χ2n) is 5.83. The van der Waals surface area contributed by atoms with Gasteiger partial charge in [-0.15, -0.1) is 11.8 Å². The summed E-state index contributed by atoms with van der Waals surface area (Å²) in [6, 6.07) is 7.71. The number of rotatable bonds is 4. The molecule has 1 aromatic rings. The zero-order valence-corrected chi connectivity index (χ0v) is 13.3. The number of benzene rings is 1. The number of ether oxygens (including phenoxy) is 2. The van der Waals surface area contributed by atoms with E-state index in [4.69, 9.17) is 9.47 Å². The van der Waals surface area contributed by atoms with E-state index in [0.29, 0.717) is 12.5 Å². The van der Waals surface area contributed by atoms with Gasteiger partial charge in [0, 0.05) is 26.0 Å². The number of methoxy groups -OCH3 is 2. The van der Waals surface area contributed by atoms with Crippen LogP contribution in [0.5, 0.6) is 5.75 Å². The van der Waals surface area contributed by atoms with Gasteiger partial charge in [0.1, 0.15) is 5.75 Å². The summed E-state index contributed by atoms with van der Waals surface area (Å²) in [5.41, 5.74) is 1.04. The number of likely N-dealkylation sites (tertiary alicyclic amines) is 1. The third kappa shape index (κ3) is 3.04. The van der Waals surface area contributed by atoms with E-state index in [1.165, 1.54) is 0 Å². The second-order valence-corrected chi connectivity index (χ2v) is 7.32. The number of hydrogen-bond donors (Lipinski definition) is 0. The van der Waals surface area contributed by atoms with Crippen molar-refractivity contribution in [3.8, 4) is 5.75 Å². The van der Waals surface area contributed by atoms with Gasteiger partial charge in [-0.1, -0.05) is 12.1 Å². The second kappa shape index (κ2) is 5.89. The summed E-state index contributed by atoms with van der Waals surface area (Å²) in [5, 5.41) is 0. The van der Waals surface area contributed by atoms with Crippen molar-refractivity contribution in [2.45, 2.75) is 23.7 Å². The lowest BCUT2D eigenvalue weighted by atomic mass is 9.92. The minimum atomic E-state index is 0.215. The molecule has 0 aromatic heterocycles. The molecule has 2 heterocycles. The lowest BCUT2D eigenvalue weighted by Gasteiger charge is -2.47. The maximum absolute atomic E-state index is 12.3. The van der Waals surface area contributed by atoms with Crippen LogP contribution in [0.4, 0.5) is 0 Å². The van der Waals surface area contributed by atoms with Crippen LogP contribution in [0.1, 0.15) is 12.0 Å². The number of nitrogens with zero attached hydrogens (tertiary/aromatic N) is 1. The fourth-order valence-electron chi connectivity index (χ4n) is 3.03. The summed E-state index contributed by atoms with van der Waals surface area (Å²) in [7, 11) is 3.42. The molecular weight excluding hydrogens is 286 g/mol. The fraction of sp³-hybridized carbons (Fsp3) is 0.562. The minimum Gasteiger partial charge on any atom is -0.497 e. The van der Waals surface area contributed by atoms with Gasteiger partial charge in [0.05, 0.1) is 24.4 Å². The molecule has 0 aliphatic carbocycles. The SMILES string of the molecule is COc1ccc(CC(=O)N2CC3(CC(OC)CS3)C2)cc1. The van der Waals surface area contributed by atoms with Crippen LogP contribution in [0.15, 0.2) is 24.3 Å². The quantitative estimate of drug-likeness (QED) is 0.852. The third-order valence-corrected chi connectivity index (χ3v) is 5.91. The summed E-state index contributed by atoms with van der Waals surface area (Å²) in [5.74, 6) is 2.09. The molecule has 2 aliphatic heterocycles. The predicted octanol–water partition coefficient (Wildman–Crippen LogP) is 1.97. The fourth-order valence-corrected chi connectivity index (χ4v) is 4.62. The molecule has 0 N–H and O–H groups in total. The van der Waals surface area contributed by atoms with Gasteiger partial charge >= 0.3 is 0 Å². The van der Waals surface area contributed by atoms with Gasteiger partial charge in [0.2, 0.25) is 5.91 Å². The highest BCUT2D eigenvalue weighted by Gasteiger charge is 2.50. The van der Waals surface area contributed by atoms with Crippen molar-refractivity contribution in [2.75, 3.05) is 33.1 Å². The van der Waals surface area contributed by atoms with Crippen LogP contribution in [0.2, 0.25) is 0 Å². The van der Waals surface area contributed by atoms with Crippen molar-refractivity contribution in [2.24, 2.45) is 0 Å². The molecular formula is C16H21NO3S. The third-order valence-electron chi connectivity index (χ3n) is 4.33. The number of hydrogen-bond acceptors (Lipinski definition) is 4. The smallest absolute Gasteiger partial charge is 0.227 e. The van der Waals surface area contributed by atoms with Crippen LogP contribution < -0.4 is 4.74 Å². The van der Waals surface area contributed by atoms with E-state index in [1.807, 2.05) is 40.9 Å². The zero-order valence-electron chi connectivity index (χ0n) is 12.5. The Balaban J connectivity index is 1.51. The van der Waals surface area contributed by atoms with E-state index in [0.717, 1.165) is 36.6 Å². The normalized spacial score (nSPS) is 23.1. The van der Waals surface area contributed by atoms with Crippen LogP contribution in [-0.2, 0) is 16.0 Å². The van der Waals surface area contributed by atoms with Crippen molar-refractivity contribution >= 4 is 17.7 Å². The molecule has 1 unspecified atom stereocenters. The van der Waals surface area contributed by atoms with E-state index in [1.54, 1.807) is 14.2 Å².